The topological polar surface area (TPSA) is 38.3 Å². The van der Waals surface area contributed by atoms with Crippen LogP contribution in [-0.4, -0.2) is 29.7 Å². The molecule has 0 aromatic carbocycles. The summed E-state index contributed by atoms with van der Waals surface area (Å²) in [7, 11) is 3.63. The van der Waals surface area contributed by atoms with Gasteiger partial charge in [-0.2, -0.15) is 0 Å². The van der Waals surface area contributed by atoms with Crippen molar-refractivity contribution >= 4 is 27.7 Å². The number of hydrogen-bond acceptors (Lipinski definition) is 4. The molecular weight excluding hydrogens is 230 g/mol. The summed E-state index contributed by atoms with van der Waals surface area (Å²) in [5.41, 5.74) is -0.409. The standard InChI is InChI=1S/C10H21NO2S2/c1-5-7-14-15-8-6-11-9(12)13-10(2,3)4/h5-8H2,1-4H3,(H,11,12). The highest BCUT2D eigenvalue weighted by molar-refractivity contribution is 8.76. The predicted molar refractivity (Wildman–Crippen MR) is 69.4 cm³/mol. The number of carbonyl (C=O) groups is 1. The third-order valence-electron chi connectivity index (χ3n) is 1.22. The second kappa shape index (κ2) is 8.16. The maximum Gasteiger partial charge on any atom is 0.407 e. The van der Waals surface area contributed by atoms with Gasteiger partial charge in [-0.15, -0.1) is 0 Å². The highest BCUT2D eigenvalue weighted by Crippen LogP contribution is 2.20. The Morgan fingerprint density at radius 3 is 2.40 bits per heavy atom. The highest BCUT2D eigenvalue weighted by Gasteiger charge is 2.15. The SMILES string of the molecule is CCCSSCCNC(=O)OC(C)(C)C. The van der Waals surface area contributed by atoms with Gasteiger partial charge in [0.1, 0.15) is 5.60 Å². The number of rotatable bonds is 6. The smallest absolute Gasteiger partial charge is 0.407 e. The molecule has 0 aromatic rings. The van der Waals surface area contributed by atoms with E-state index in [-0.39, 0.29) is 6.09 Å². The third-order valence-corrected chi connectivity index (χ3v) is 3.84. The molecule has 0 fully saturated rings. The zero-order chi connectivity index (χ0) is 11.7. The lowest BCUT2D eigenvalue weighted by Gasteiger charge is -2.19. The average molecular weight is 251 g/mol. The van der Waals surface area contributed by atoms with Crippen molar-refractivity contribution in [3.05, 3.63) is 0 Å². The molecule has 0 aliphatic rings. The molecule has 3 nitrogen and oxygen atoms in total. The first-order chi connectivity index (χ1) is 6.95. The minimum atomic E-state index is -0.409. The highest BCUT2D eigenvalue weighted by atomic mass is 33.1. The van der Waals surface area contributed by atoms with Crippen molar-refractivity contribution in [2.75, 3.05) is 18.1 Å². The van der Waals surface area contributed by atoms with Crippen LogP contribution in [0.1, 0.15) is 34.1 Å². The number of amides is 1. The summed E-state index contributed by atoms with van der Waals surface area (Å²) in [5.74, 6) is 2.08. The van der Waals surface area contributed by atoms with Crippen molar-refractivity contribution in [2.45, 2.75) is 39.7 Å². The maximum atomic E-state index is 11.2. The van der Waals surface area contributed by atoms with Crippen LogP contribution in [0.2, 0.25) is 0 Å². The molecule has 0 radical (unpaired) electrons. The molecule has 15 heavy (non-hydrogen) atoms. The second-order valence-corrected chi connectivity index (χ2v) is 6.77. The van der Waals surface area contributed by atoms with E-state index in [2.05, 4.69) is 12.2 Å². The van der Waals surface area contributed by atoms with Crippen LogP contribution in [0.15, 0.2) is 0 Å². The lowest BCUT2D eigenvalue weighted by Crippen LogP contribution is -2.33. The Balaban J connectivity index is 3.32. The summed E-state index contributed by atoms with van der Waals surface area (Å²) >= 11 is 0. The molecule has 1 amide bonds. The van der Waals surface area contributed by atoms with Crippen LogP contribution in [0.25, 0.3) is 0 Å². The first-order valence-corrected chi connectivity index (χ1v) is 7.66. The number of alkyl carbamates (subject to hydrolysis) is 1. The summed E-state index contributed by atoms with van der Waals surface area (Å²) in [4.78, 5) is 11.2. The van der Waals surface area contributed by atoms with Gasteiger partial charge < -0.3 is 10.1 Å². The molecule has 5 heteroatoms. The Hall–Kier alpha value is -0.0300. The van der Waals surface area contributed by atoms with Crippen molar-refractivity contribution in [1.29, 1.82) is 0 Å². The molecule has 0 rings (SSSR count). The molecule has 0 aliphatic heterocycles. The second-order valence-electron chi connectivity index (χ2n) is 4.07. The average Bonchev–Trinajstić information content (AvgIpc) is 2.08. The van der Waals surface area contributed by atoms with E-state index in [4.69, 9.17) is 4.74 Å². The van der Waals surface area contributed by atoms with E-state index in [0.29, 0.717) is 6.54 Å². The molecule has 0 heterocycles. The van der Waals surface area contributed by atoms with E-state index >= 15 is 0 Å². The Bertz CT molecular complexity index is 181. The molecule has 90 valence electrons. The van der Waals surface area contributed by atoms with Crippen molar-refractivity contribution in [3.63, 3.8) is 0 Å². The van der Waals surface area contributed by atoms with Gasteiger partial charge in [0.25, 0.3) is 0 Å². The first kappa shape index (κ1) is 15.0. The number of carbonyl (C=O) groups excluding carboxylic acids is 1. The minimum Gasteiger partial charge on any atom is -0.444 e. The molecule has 0 unspecified atom stereocenters. The van der Waals surface area contributed by atoms with Gasteiger partial charge in [0, 0.05) is 18.1 Å². The van der Waals surface area contributed by atoms with E-state index < -0.39 is 5.60 Å². The summed E-state index contributed by atoms with van der Waals surface area (Å²) in [6, 6.07) is 0. The Morgan fingerprint density at radius 2 is 1.87 bits per heavy atom. The van der Waals surface area contributed by atoms with E-state index in [1.165, 1.54) is 6.42 Å². The lowest BCUT2D eigenvalue weighted by atomic mass is 10.2. The minimum absolute atomic E-state index is 0.330. The number of ether oxygens (including phenoxy) is 1. The van der Waals surface area contributed by atoms with Gasteiger partial charge in [0.15, 0.2) is 0 Å². The monoisotopic (exact) mass is 251 g/mol. The van der Waals surface area contributed by atoms with Crippen molar-refractivity contribution < 1.29 is 9.53 Å². The fraction of sp³-hybridized carbons (Fsp3) is 0.900. The Kier molecular flexibility index (Phi) is 8.14. The molecule has 0 aliphatic carbocycles. The summed E-state index contributed by atoms with van der Waals surface area (Å²) in [6.07, 6.45) is 0.862. The van der Waals surface area contributed by atoms with Gasteiger partial charge in [-0.25, -0.2) is 4.79 Å². The van der Waals surface area contributed by atoms with E-state index in [1.54, 1.807) is 10.8 Å². The van der Waals surface area contributed by atoms with Crippen LogP contribution in [0.4, 0.5) is 4.79 Å². The molecule has 0 atom stereocenters. The fourth-order valence-electron chi connectivity index (χ4n) is 0.710. The van der Waals surface area contributed by atoms with Gasteiger partial charge >= 0.3 is 6.09 Å². The number of hydrogen-bond donors (Lipinski definition) is 1. The largest absolute Gasteiger partial charge is 0.444 e. The van der Waals surface area contributed by atoms with Gasteiger partial charge in [0.2, 0.25) is 0 Å². The molecular formula is C10H21NO2S2. The van der Waals surface area contributed by atoms with E-state index in [0.717, 1.165) is 11.5 Å². The molecule has 0 spiro atoms. The van der Waals surface area contributed by atoms with Crippen LogP contribution in [-0.2, 0) is 4.74 Å². The molecule has 0 saturated carbocycles. The van der Waals surface area contributed by atoms with Crippen LogP contribution in [0, 0.1) is 0 Å². The van der Waals surface area contributed by atoms with Crippen molar-refractivity contribution in [3.8, 4) is 0 Å². The zero-order valence-electron chi connectivity index (χ0n) is 9.96. The van der Waals surface area contributed by atoms with Crippen LogP contribution in [0.5, 0.6) is 0 Å². The molecule has 0 bridgehead atoms. The van der Waals surface area contributed by atoms with E-state index in [1.807, 2.05) is 31.6 Å². The van der Waals surface area contributed by atoms with Crippen molar-refractivity contribution in [1.82, 2.24) is 5.32 Å². The van der Waals surface area contributed by atoms with Gasteiger partial charge in [-0.1, -0.05) is 28.5 Å². The Morgan fingerprint density at radius 1 is 1.27 bits per heavy atom. The zero-order valence-corrected chi connectivity index (χ0v) is 11.6. The van der Waals surface area contributed by atoms with E-state index in [9.17, 15) is 4.79 Å². The van der Waals surface area contributed by atoms with Crippen molar-refractivity contribution in [2.24, 2.45) is 0 Å². The van der Waals surface area contributed by atoms with Gasteiger partial charge in [0.05, 0.1) is 0 Å². The van der Waals surface area contributed by atoms with Crippen LogP contribution in [0.3, 0.4) is 0 Å². The fourth-order valence-corrected chi connectivity index (χ4v) is 2.75. The lowest BCUT2D eigenvalue weighted by molar-refractivity contribution is 0.0531. The summed E-state index contributed by atoms with van der Waals surface area (Å²) < 4.78 is 5.10. The quantitative estimate of drug-likeness (QED) is 0.580. The van der Waals surface area contributed by atoms with Crippen LogP contribution >= 0.6 is 21.6 Å². The van der Waals surface area contributed by atoms with Gasteiger partial charge in [-0.05, 0) is 27.2 Å². The summed E-state index contributed by atoms with van der Waals surface area (Å²) in [6.45, 7) is 8.40. The molecule has 0 saturated heterocycles. The number of nitrogens with one attached hydrogen (secondary N) is 1. The predicted octanol–water partition coefficient (Wildman–Crippen LogP) is 3.30. The summed E-state index contributed by atoms with van der Waals surface area (Å²) in [5, 5.41) is 2.72. The molecule has 1 N–H and O–H groups in total. The van der Waals surface area contributed by atoms with Crippen LogP contribution < -0.4 is 5.32 Å². The Labute approximate surface area is 100 Å². The molecule has 0 aromatic heterocycles. The maximum absolute atomic E-state index is 11.2. The normalized spacial score (nSPS) is 11.2. The third kappa shape index (κ3) is 11.9. The van der Waals surface area contributed by atoms with Gasteiger partial charge in [-0.3, -0.25) is 0 Å². The first-order valence-electron chi connectivity index (χ1n) is 5.17.